The molecular weight excluding hydrogens is 368 g/mol. The number of hydrogen-bond acceptors (Lipinski definition) is 5. The van der Waals surface area contributed by atoms with Crippen molar-refractivity contribution < 1.29 is 14.3 Å². The van der Waals surface area contributed by atoms with Crippen LogP contribution in [0.1, 0.15) is 60.6 Å². The molecule has 4 rings (SSSR count). The number of ether oxygens (including phenoxy) is 2. The predicted molar refractivity (Wildman–Crippen MR) is 110 cm³/mol. The molecule has 2 aliphatic rings. The van der Waals surface area contributed by atoms with E-state index in [4.69, 9.17) is 9.47 Å². The summed E-state index contributed by atoms with van der Waals surface area (Å²) in [4.78, 5) is 12.6. The lowest BCUT2D eigenvalue weighted by Crippen LogP contribution is -2.32. The van der Waals surface area contributed by atoms with Crippen LogP contribution in [-0.2, 0) is 6.54 Å². The van der Waals surface area contributed by atoms with Crippen molar-refractivity contribution in [2.45, 2.75) is 57.2 Å². The molecule has 1 saturated carbocycles. The SMILES string of the molecule is COc1cccc(CNC(=O)c2ccn(C3CCCNC3)n2)c1OC1CCCC1. The van der Waals surface area contributed by atoms with Crippen LogP contribution in [0.3, 0.4) is 0 Å². The van der Waals surface area contributed by atoms with E-state index in [9.17, 15) is 4.79 Å². The molecular formula is C22H30N4O3. The van der Waals surface area contributed by atoms with E-state index in [0.29, 0.717) is 24.0 Å². The third kappa shape index (κ3) is 4.72. The number of rotatable bonds is 7. The fourth-order valence-corrected chi connectivity index (χ4v) is 4.16. The van der Waals surface area contributed by atoms with E-state index < -0.39 is 0 Å². The number of amides is 1. The van der Waals surface area contributed by atoms with E-state index in [1.807, 2.05) is 29.1 Å². The quantitative estimate of drug-likeness (QED) is 0.750. The molecule has 2 fully saturated rings. The minimum Gasteiger partial charge on any atom is -0.493 e. The van der Waals surface area contributed by atoms with Crippen molar-refractivity contribution in [3.05, 3.63) is 41.7 Å². The zero-order chi connectivity index (χ0) is 20.1. The number of hydrogen-bond donors (Lipinski definition) is 2. The third-order valence-corrected chi connectivity index (χ3v) is 5.79. The Morgan fingerprint density at radius 1 is 1.24 bits per heavy atom. The van der Waals surface area contributed by atoms with Crippen molar-refractivity contribution in [3.63, 3.8) is 0 Å². The Labute approximate surface area is 171 Å². The topological polar surface area (TPSA) is 77.4 Å². The van der Waals surface area contributed by atoms with Gasteiger partial charge in [-0.2, -0.15) is 5.10 Å². The molecule has 1 saturated heterocycles. The Hall–Kier alpha value is -2.54. The van der Waals surface area contributed by atoms with Gasteiger partial charge in [0.25, 0.3) is 5.91 Å². The second-order valence-electron chi connectivity index (χ2n) is 7.84. The molecule has 0 bridgehead atoms. The highest BCUT2D eigenvalue weighted by Crippen LogP contribution is 2.34. The molecule has 156 valence electrons. The molecule has 0 radical (unpaired) electrons. The number of benzene rings is 1. The Morgan fingerprint density at radius 2 is 2.10 bits per heavy atom. The molecule has 0 spiro atoms. The van der Waals surface area contributed by atoms with Crippen molar-refractivity contribution >= 4 is 5.91 Å². The number of para-hydroxylation sites is 1. The Kier molecular flexibility index (Phi) is 6.34. The summed E-state index contributed by atoms with van der Waals surface area (Å²) >= 11 is 0. The third-order valence-electron chi connectivity index (χ3n) is 5.79. The first-order valence-corrected chi connectivity index (χ1v) is 10.6. The molecule has 1 aliphatic carbocycles. The summed E-state index contributed by atoms with van der Waals surface area (Å²) in [5, 5.41) is 10.9. The van der Waals surface area contributed by atoms with Crippen molar-refractivity contribution in [1.82, 2.24) is 20.4 Å². The molecule has 2 heterocycles. The Bertz CT molecular complexity index is 823. The molecule has 1 amide bonds. The van der Waals surface area contributed by atoms with Gasteiger partial charge in [-0.1, -0.05) is 12.1 Å². The lowest BCUT2D eigenvalue weighted by atomic mass is 10.1. The van der Waals surface area contributed by atoms with Gasteiger partial charge < -0.3 is 20.1 Å². The largest absolute Gasteiger partial charge is 0.493 e. The number of piperidine rings is 1. The molecule has 7 nitrogen and oxygen atoms in total. The van der Waals surface area contributed by atoms with Crippen LogP contribution in [-0.4, -0.2) is 42.0 Å². The molecule has 29 heavy (non-hydrogen) atoms. The molecule has 1 unspecified atom stereocenters. The van der Waals surface area contributed by atoms with Crippen LogP contribution in [0, 0.1) is 0 Å². The summed E-state index contributed by atoms with van der Waals surface area (Å²) in [5.41, 5.74) is 1.36. The minimum atomic E-state index is -0.179. The number of nitrogens with one attached hydrogen (secondary N) is 2. The Balaban J connectivity index is 1.41. The van der Waals surface area contributed by atoms with Crippen LogP contribution >= 0.6 is 0 Å². The standard InChI is InChI=1S/C22H30N4O3/c1-28-20-10-4-6-16(21(20)29-18-8-2-3-9-18)14-24-22(27)19-11-13-26(25-19)17-7-5-12-23-15-17/h4,6,10-11,13,17-18,23H,2-3,5,7-9,12,14-15H2,1H3,(H,24,27). The van der Waals surface area contributed by atoms with Gasteiger partial charge in [0.2, 0.25) is 0 Å². The number of nitrogens with zero attached hydrogens (tertiary/aromatic N) is 2. The van der Waals surface area contributed by atoms with E-state index in [1.165, 1.54) is 12.8 Å². The first-order valence-electron chi connectivity index (χ1n) is 10.6. The van der Waals surface area contributed by atoms with Crippen molar-refractivity contribution in [2.24, 2.45) is 0 Å². The maximum Gasteiger partial charge on any atom is 0.272 e. The average Bonchev–Trinajstić information content (AvgIpc) is 3.45. The second-order valence-corrected chi connectivity index (χ2v) is 7.84. The van der Waals surface area contributed by atoms with E-state index in [-0.39, 0.29) is 12.0 Å². The van der Waals surface area contributed by atoms with Crippen LogP contribution in [0.5, 0.6) is 11.5 Å². The molecule has 2 N–H and O–H groups in total. The highest BCUT2D eigenvalue weighted by molar-refractivity contribution is 5.92. The number of carbonyl (C=O) groups is 1. The van der Waals surface area contributed by atoms with Crippen molar-refractivity contribution in [1.29, 1.82) is 0 Å². The van der Waals surface area contributed by atoms with Crippen LogP contribution in [0.4, 0.5) is 0 Å². The number of carbonyl (C=O) groups excluding carboxylic acids is 1. The van der Waals surface area contributed by atoms with Gasteiger partial charge in [-0.25, -0.2) is 0 Å². The molecule has 1 aliphatic heterocycles. The lowest BCUT2D eigenvalue weighted by Gasteiger charge is -2.22. The first-order chi connectivity index (χ1) is 14.2. The summed E-state index contributed by atoms with van der Waals surface area (Å²) in [6, 6.07) is 7.89. The molecule has 1 aromatic heterocycles. The van der Waals surface area contributed by atoms with E-state index >= 15 is 0 Å². The zero-order valence-corrected chi connectivity index (χ0v) is 17.0. The molecule has 1 aromatic carbocycles. The van der Waals surface area contributed by atoms with Gasteiger partial charge in [-0.15, -0.1) is 0 Å². The summed E-state index contributed by atoms with van der Waals surface area (Å²) in [6.45, 7) is 2.32. The lowest BCUT2D eigenvalue weighted by molar-refractivity contribution is 0.0944. The highest BCUT2D eigenvalue weighted by Gasteiger charge is 2.21. The molecule has 2 aromatic rings. The monoisotopic (exact) mass is 398 g/mol. The maximum atomic E-state index is 12.6. The van der Waals surface area contributed by atoms with Crippen LogP contribution < -0.4 is 20.1 Å². The fourth-order valence-electron chi connectivity index (χ4n) is 4.16. The maximum absolute atomic E-state index is 12.6. The van der Waals surface area contributed by atoms with Gasteiger partial charge in [-0.05, 0) is 57.2 Å². The van der Waals surface area contributed by atoms with Gasteiger partial charge in [-0.3, -0.25) is 9.48 Å². The van der Waals surface area contributed by atoms with Gasteiger partial charge >= 0.3 is 0 Å². The van der Waals surface area contributed by atoms with Crippen molar-refractivity contribution in [2.75, 3.05) is 20.2 Å². The average molecular weight is 399 g/mol. The summed E-state index contributed by atoms with van der Waals surface area (Å²) in [5.74, 6) is 1.26. The molecule has 1 atom stereocenters. The minimum absolute atomic E-state index is 0.179. The van der Waals surface area contributed by atoms with Crippen molar-refractivity contribution in [3.8, 4) is 11.5 Å². The summed E-state index contributed by atoms with van der Waals surface area (Å²) in [7, 11) is 1.64. The van der Waals surface area contributed by atoms with Gasteiger partial charge in [0, 0.05) is 24.8 Å². The van der Waals surface area contributed by atoms with E-state index in [1.54, 1.807) is 13.2 Å². The summed E-state index contributed by atoms with van der Waals surface area (Å²) < 4.78 is 13.6. The van der Waals surface area contributed by atoms with E-state index in [0.717, 1.165) is 50.1 Å². The van der Waals surface area contributed by atoms with E-state index in [2.05, 4.69) is 15.7 Å². The number of methoxy groups -OCH3 is 1. The zero-order valence-electron chi connectivity index (χ0n) is 17.0. The molecule has 7 heteroatoms. The second kappa shape index (κ2) is 9.31. The normalized spacial score (nSPS) is 19.8. The van der Waals surface area contributed by atoms with Gasteiger partial charge in [0.1, 0.15) is 5.69 Å². The van der Waals surface area contributed by atoms with Crippen LogP contribution in [0.15, 0.2) is 30.5 Å². The van der Waals surface area contributed by atoms with Gasteiger partial charge in [0.15, 0.2) is 11.5 Å². The highest BCUT2D eigenvalue weighted by atomic mass is 16.5. The van der Waals surface area contributed by atoms with Gasteiger partial charge in [0.05, 0.1) is 19.3 Å². The fraction of sp³-hybridized carbons (Fsp3) is 0.545. The van der Waals surface area contributed by atoms with Crippen LogP contribution in [0.2, 0.25) is 0 Å². The predicted octanol–water partition coefficient (Wildman–Crippen LogP) is 3.07. The number of aromatic nitrogens is 2. The van der Waals surface area contributed by atoms with Crippen LogP contribution in [0.25, 0.3) is 0 Å². The summed E-state index contributed by atoms with van der Waals surface area (Å²) in [6.07, 6.45) is 8.87. The Morgan fingerprint density at radius 3 is 2.86 bits per heavy atom. The first kappa shape index (κ1) is 19.8. The smallest absolute Gasteiger partial charge is 0.272 e.